The second-order valence-corrected chi connectivity index (χ2v) is 4.99. The Morgan fingerprint density at radius 2 is 1.14 bits per heavy atom. The van der Waals surface area contributed by atoms with E-state index in [0.29, 0.717) is 0 Å². The third kappa shape index (κ3) is 18.2. The highest BCUT2D eigenvalue weighted by Gasteiger charge is 1.92. The first kappa shape index (κ1) is 20.2. The standard InChI is InChI=1S/C20H30O2/c1-2-3-4-5-6-7-8-9-10-11-12-13-14-15-16-17-18-19-20(21)22/h3-4,6-7,9-10,12-13,15-16H,2,5,8,11,14,17-19H2,1H3,(H,21,22)/b4-3+,7-6-,10-9-,13-12+,16-15+. The zero-order valence-electron chi connectivity index (χ0n) is 13.8. The maximum absolute atomic E-state index is 10.3. The fourth-order valence-electron chi connectivity index (χ4n) is 1.74. The van der Waals surface area contributed by atoms with Crippen molar-refractivity contribution in [1.82, 2.24) is 0 Å². The first-order valence-electron chi connectivity index (χ1n) is 8.24. The van der Waals surface area contributed by atoms with Gasteiger partial charge in [-0.3, -0.25) is 4.79 Å². The Kier molecular flexibility index (Phi) is 15.8. The quantitative estimate of drug-likeness (QED) is 0.335. The second kappa shape index (κ2) is 17.2. The van der Waals surface area contributed by atoms with Crippen molar-refractivity contribution in [2.24, 2.45) is 0 Å². The van der Waals surface area contributed by atoms with Gasteiger partial charge in [0.1, 0.15) is 0 Å². The molecule has 0 rings (SSSR count). The molecule has 0 atom stereocenters. The summed E-state index contributed by atoms with van der Waals surface area (Å²) in [7, 11) is 0. The van der Waals surface area contributed by atoms with Gasteiger partial charge in [0, 0.05) is 6.42 Å². The number of rotatable bonds is 13. The monoisotopic (exact) mass is 302 g/mol. The smallest absolute Gasteiger partial charge is 0.303 e. The van der Waals surface area contributed by atoms with Gasteiger partial charge in [-0.2, -0.15) is 0 Å². The predicted molar refractivity (Wildman–Crippen MR) is 95.9 cm³/mol. The molecule has 0 amide bonds. The molecule has 0 spiro atoms. The lowest BCUT2D eigenvalue weighted by atomic mass is 10.2. The molecule has 0 aromatic carbocycles. The largest absolute Gasteiger partial charge is 0.481 e. The lowest BCUT2D eigenvalue weighted by Crippen LogP contribution is -1.92. The number of carbonyl (C=O) groups is 1. The summed E-state index contributed by atoms with van der Waals surface area (Å²) < 4.78 is 0. The highest BCUT2D eigenvalue weighted by molar-refractivity contribution is 5.66. The Balaban J connectivity index is 3.46. The summed E-state index contributed by atoms with van der Waals surface area (Å²) in [6.45, 7) is 2.14. The van der Waals surface area contributed by atoms with E-state index in [1.165, 1.54) is 0 Å². The minimum Gasteiger partial charge on any atom is -0.481 e. The predicted octanol–water partition coefficient (Wildman–Crippen LogP) is 5.99. The second-order valence-electron chi connectivity index (χ2n) is 4.99. The van der Waals surface area contributed by atoms with Gasteiger partial charge in [-0.25, -0.2) is 0 Å². The maximum atomic E-state index is 10.3. The molecule has 0 aliphatic heterocycles. The molecule has 0 saturated carbocycles. The van der Waals surface area contributed by atoms with Crippen LogP contribution in [-0.2, 0) is 4.79 Å². The first-order chi connectivity index (χ1) is 10.8. The third-order valence-corrected chi connectivity index (χ3v) is 2.92. The zero-order chi connectivity index (χ0) is 16.3. The fourth-order valence-corrected chi connectivity index (χ4v) is 1.74. The van der Waals surface area contributed by atoms with Crippen LogP contribution in [-0.4, -0.2) is 11.1 Å². The molecule has 0 saturated heterocycles. The van der Waals surface area contributed by atoms with E-state index in [-0.39, 0.29) is 6.42 Å². The maximum Gasteiger partial charge on any atom is 0.303 e. The molecule has 0 aromatic rings. The lowest BCUT2D eigenvalue weighted by Gasteiger charge is -1.89. The van der Waals surface area contributed by atoms with Gasteiger partial charge in [0.05, 0.1) is 0 Å². The van der Waals surface area contributed by atoms with E-state index in [4.69, 9.17) is 5.11 Å². The van der Waals surface area contributed by atoms with Crippen LogP contribution in [0.2, 0.25) is 0 Å². The Morgan fingerprint density at radius 1 is 0.727 bits per heavy atom. The van der Waals surface area contributed by atoms with Crippen LogP contribution in [0.1, 0.15) is 58.3 Å². The van der Waals surface area contributed by atoms with E-state index < -0.39 is 5.97 Å². The topological polar surface area (TPSA) is 37.3 Å². The molecule has 122 valence electrons. The Labute approximate surface area is 135 Å². The van der Waals surface area contributed by atoms with Crippen LogP contribution in [0.5, 0.6) is 0 Å². The van der Waals surface area contributed by atoms with Crippen LogP contribution in [0.15, 0.2) is 60.8 Å². The minimum absolute atomic E-state index is 0.258. The van der Waals surface area contributed by atoms with Gasteiger partial charge in [0.2, 0.25) is 0 Å². The molecule has 0 radical (unpaired) electrons. The van der Waals surface area contributed by atoms with E-state index in [1.54, 1.807) is 0 Å². The summed E-state index contributed by atoms with van der Waals surface area (Å²) in [6, 6.07) is 0. The van der Waals surface area contributed by atoms with Crippen molar-refractivity contribution in [3.8, 4) is 0 Å². The molecule has 1 N–H and O–H groups in total. The van der Waals surface area contributed by atoms with E-state index in [1.807, 2.05) is 0 Å². The minimum atomic E-state index is -0.715. The summed E-state index contributed by atoms with van der Waals surface area (Å²) in [5.74, 6) is -0.715. The van der Waals surface area contributed by atoms with Gasteiger partial charge >= 0.3 is 5.97 Å². The van der Waals surface area contributed by atoms with E-state index in [9.17, 15) is 4.79 Å². The van der Waals surface area contributed by atoms with Crippen LogP contribution in [0.4, 0.5) is 0 Å². The summed E-state index contributed by atoms with van der Waals surface area (Å²) in [6.07, 6.45) is 28.4. The number of aliphatic carboxylic acids is 1. The van der Waals surface area contributed by atoms with Crippen molar-refractivity contribution in [3.63, 3.8) is 0 Å². The average molecular weight is 302 g/mol. The van der Waals surface area contributed by atoms with Crippen molar-refractivity contribution < 1.29 is 9.90 Å². The molecule has 0 fully saturated rings. The normalized spacial score (nSPS) is 12.8. The van der Waals surface area contributed by atoms with Gasteiger partial charge in [-0.15, -0.1) is 0 Å². The Hall–Kier alpha value is -1.83. The van der Waals surface area contributed by atoms with Crippen LogP contribution >= 0.6 is 0 Å². The number of hydrogen-bond acceptors (Lipinski definition) is 1. The highest BCUT2D eigenvalue weighted by Crippen LogP contribution is 1.99. The Bertz CT molecular complexity index is 398. The Morgan fingerprint density at radius 3 is 1.55 bits per heavy atom. The van der Waals surface area contributed by atoms with Crippen LogP contribution < -0.4 is 0 Å². The van der Waals surface area contributed by atoms with Gasteiger partial charge in [0.15, 0.2) is 0 Å². The van der Waals surface area contributed by atoms with Crippen molar-refractivity contribution in [2.75, 3.05) is 0 Å². The summed E-state index contributed by atoms with van der Waals surface area (Å²) in [5.41, 5.74) is 0. The number of carboxylic acid groups (broad SMARTS) is 1. The van der Waals surface area contributed by atoms with Gasteiger partial charge in [0.25, 0.3) is 0 Å². The van der Waals surface area contributed by atoms with Crippen molar-refractivity contribution >= 4 is 5.97 Å². The molecule has 0 bridgehead atoms. The summed E-state index contributed by atoms with van der Waals surface area (Å²) >= 11 is 0. The summed E-state index contributed by atoms with van der Waals surface area (Å²) in [4.78, 5) is 10.3. The number of unbranched alkanes of at least 4 members (excludes halogenated alkanes) is 1. The fraction of sp³-hybridized carbons (Fsp3) is 0.450. The molecular formula is C20H30O2. The average Bonchev–Trinajstić information content (AvgIpc) is 2.50. The molecule has 0 aliphatic rings. The highest BCUT2D eigenvalue weighted by atomic mass is 16.4. The molecule has 2 heteroatoms. The van der Waals surface area contributed by atoms with Gasteiger partial charge < -0.3 is 5.11 Å². The zero-order valence-corrected chi connectivity index (χ0v) is 13.8. The van der Waals surface area contributed by atoms with E-state index in [0.717, 1.165) is 44.9 Å². The molecule has 0 aromatic heterocycles. The molecule has 2 nitrogen and oxygen atoms in total. The molecule has 0 aliphatic carbocycles. The van der Waals surface area contributed by atoms with Crippen LogP contribution in [0, 0.1) is 0 Å². The lowest BCUT2D eigenvalue weighted by molar-refractivity contribution is -0.137. The van der Waals surface area contributed by atoms with Crippen molar-refractivity contribution in [1.29, 1.82) is 0 Å². The van der Waals surface area contributed by atoms with E-state index in [2.05, 4.69) is 67.7 Å². The molecule has 0 heterocycles. The number of carboxylic acids is 1. The van der Waals surface area contributed by atoms with Crippen LogP contribution in [0.3, 0.4) is 0 Å². The molecule has 22 heavy (non-hydrogen) atoms. The molecule has 0 unspecified atom stereocenters. The molecular weight excluding hydrogens is 272 g/mol. The van der Waals surface area contributed by atoms with Gasteiger partial charge in [-0.05, 0) is 44.9 Å². The SMILES string of the molecule is CC/C=C/C/C=C\C/C=C\C/C=C/C/C=C/CCCC(=O)O. The third-order valence-electron chi connectivity index (χ3n) is 2.92. The summed E-state index contributed by atoms with van der Waals surface area (Å²) in [5, 5.41) is 8.49. The van der Waals surface area contributed by atoms with Crippen molar-refractivity contribution in [2.45, 2.75) is 58.3 Å². The van der Waals surface area contributed by atoms with Crippen LogP contribution in [0.25, 0.3) is 0 Å². The van der Waals surface area contributed by atoms with Crippen molar-refractivity contribution in [3.05, 3.63) is 60.8 Å². The van der Waals surface area contributed by atoms with Gasteiger partial charge in [-0.1, -0.05) is 67.7 Å². The number of hydrogen-bond donors (Lipinski definition) is 1. The first-order valence-corrected chi connectivity index (χ1v) is 8.24. The number of allylic oxidation sites excluding steroid dienone is 10. The van der Waals surface area contributed by atoms with E-state index >= 15 is 0 Å².